The first-order valence-electron chi connectivity index (χ1n) is 10.2. The molecule has 0 radical (unpaired) electrons. The van der Waals surface area contributed by atoms with Gasteiger partial charge in [0.25, 0.3) is 5.91 Å². The normalized spacial score (nSPS) is 16.3. The van der Waals surface area contributed by atoms with E-state index in [1.165, 1.54) is 11.0 Å². The lowest BCUT2D eigenvalue weighted by Crippen LogP contribution is -2.43. The first kappa shape index (κ1) is 21.6. The minimum absolute atomic E-state index is 0.329. The van der Waals surface area contributed by atoms with Crippen LogP contribution < -0.4 is 5.73 Å². The molecule has 2 amide bonds. The lowest BCUT2D eigenvalue weighted by atomic mass is 9.97. The van der Waals surface area contributed by atoms with Gasteiger partial charge in [-0.3, -0.25) is 9.59 Å². The van der Waals surface area contributed by atoms with E-state index in [0.29, 0.717) is 29.5 Å². The van der Waals surface area contributed by atoms with Crippen LogP contribution in [0, 0.1) is 0 Å². The van der Waals surface area contributed by atoms with E-state index in [-0.39, 0.29) is 0 Å². The minimum Gasteiger partial charge on any atom is -0.368 e. The second-order valence-electron chi connectivity index (χ2n) is 7.76. The van der Waals surface area contributed by atoms with Crippen molar-refractivity contribution in [1.82, 2.24) is 4.90 Å². The topological polar surface area (TPSA) is 63.4 Å². The maximum atomic E-state index is 13.6. The fourth-order valence-electron chi connectivity index (χ4n) is 4.31. The number of carbonyl (C=O) groups excluding carboxylic acids is 2. The van der Waals surface area contributed by atoms with Crippen molar-refractivity contribution < 1.29 is 22.8 Å². The van der Waals surface area contributed by atoms with E-state index < -0.39 is 35.6 Å². The Morgan fingerprint density at radius 3 is 2.16 bits per heavy atom. The van der Waals surface area contributed by atoms with Crippen LogP contribution in [0.4, 0.5) is 13.2 Å². The van der Waals surface area contributed by atoms with Crippen molar-refractivity contribution in [3.05, 3.63) is 107 Å². The Hall–Kier alpha value is -3.61. The van der Waals surface area contributed by atoms with Crippen molar-refractivity contribution in [3.63, 3.8) is 0 Å². The van der Waals surface area contributed by atoms with Gasteiger partial charge in [0.05, 0.1) is 11.6 Å². The molecule has 0 aromatic heterocycles. The standard InChI is InChI=1S/C25H21F3N2O2/c26-25(27,28)19-13-11-16-12-14-21(20(16)15-19)30(24(32)18-9-5-2-6-10-18)22(23(29)31)17-7-3-1-4-8-17/h1-11,13,15,21-22H,12,14H2,(H2,29,31)/t21-,22-/m1/s1. The fourth-order valence-corrected chi connectivity index (χ4v) is 4.31. The summed E-state index contributed by atoms with van der Waals surface area (Å²) in [4.78, 5) is 27.6. The van der Waals surface area contributed by atoms with Gasteiger partial charge >= 0.3 is 6.18 Å². The number of aryl methyl sites for hydroxylation is 1. The molecule has 0 heterocycles. The molecule has 7 heteroatoms. The third-order valence-corrected chi connectivity index (χ3v) is 5.77. The number of primary amides is 1. The van der Waals surface area contributed by atoms with E-state index in [1.807, 2.05) is 0 Å². The number of nitrogens with zero attached hydrogens (tertiary/aromatic N) is 1. The van der Waals surface area contributed by atoms with Crippen LogP contribution in [0.5, 0.6) is 0 Å². The maximum absolute atomic E-state index is 13.6. The Morgan fingerprint density at radius 2 is 1.56 bits per heavy atom. The average Bonchev–Trinajstić information content (AvgIpc) is 3.20. The van der Waals surface area contributed by atoms with Gasteiger partial charge in [0.15, 0.2) is 0 Å². The summed E-state index contributed by atoms with van der Waals surface area (Å²) < 4.78 is 40.2. The second kappa shape index (κ2) is 8.49. The molecule has 0 aliphatic heterocycles. The van der Waals surface area contributed by atoms with Crippen LogP contribution in [0.2, 0.25) is 0 Å². The first-order chi connectivity index (χ1) is 15.3. The monoisotopic (exact) mass is 438 g/mol. The molecule has 0 bridgehead atoms. The highest BCUT2D eigenvalue weighted by molar-refractivity contribution is 5.98. The summed E-state index contributed by atoms with van der Waals surface area (Å²) in [7, 11) is 0. The zero-order valence-electron chi connectivity index (χ0n) is 17.0. The number of hydrogen-bond donors (Lipinski definition) is 1. The SMILES string of the molecule is NC(=O)[C@@H](c1ccccc1)N(C(=O)c1ccccc1)[C@@H]1CCc2ccc(C(F)(F)F)cc21. The van der Waals surface area contributed by atoms with Crippen molar-refractivity contribution in [2.45, 2.75) is 31.1 Å². The number of carbonyl (C=O) groups is 2. The molecule has 1 aliphatic carbocycles. The van der Waals surface area contributed by atoms with Crippen LogP contribution in [0.25, 0.3) is 0 Å². The predicted octanol–water partition coefficient (Wildman–Crippen LogP) is 5.06. The zero-order chi connectivity index (χ0) is 22.9. The van der Waals surface area contributed by atoms with Crippen molar-refractivity contribution in [1.29, 1.82) is 0 Å². The highest BCUT2D eigenvalue weighted by atomic mass is 19.4. The quantitative estimate of drug-likeness (QED) is 0.605. The Bertz CT molecular complexity index is 1130. The molecule has 32 heavy (non-hydrogen) atoms. The number of fused-ring (bicyclic) bond motifs is 1. The highest BCUT2D eigenvalue weighted by Crippen LogP contribution is 2.43. The molecule has 0 saturated heterocycles. The van der Waals surface area contributed by atoms with E-state index in [0.717, 1.165) is 17.7 Å². The molecule has 164 valence electrons. The molecule has 0 saturated carbocycles. The Balaban J connectivity index is 1.86. The minimum atomic E-state index is -4.51. The van der Waals surface area contributed by atoms with Gasteiger partial charge in [0.2, 0.25) is 5.91 Å². The van der Waals surface area contributed by atoms with Gasteiger partial charge in [-0.1, -0.05) is 54.6 Å². The molecule has 2 atom stereocenters. The summed E-state index contributed by atoms with van der Waals surface area (Å²) in [6.07, 6.45) is -3.62. The largest absolute Gasteiger partial charge is 0.416 e. The molecule has 0 fully saturated rings. The second-order valence-corrected chi connectivity index (χ2v) is 7.76. The lowest BCUT2D eigenvalue weighted by molar-refractivity contribution is -0.137. The summed E-state index contributed by atoms with van der Waals surface area (Å²) in [6.45, 7) is 0. The molecule has 0 spiro atoms. The number of alkyl halides is 3. The molecule has 3 aromatic rings. The molecular weight excluding hydrogens is 417 g/mol. The predicted molar refractivity (Wildman–Crippen MR) is 113 cm³/mol. The Kier molecular flexibility index (Phi) is 5.74. The number of hydrogen-bond acceptors (Lipinski definition) is 2. The van der Waals surface area contributed by atoms with Crippen LogP contribution in [-0.4, -0.2) is 16.7 Å². The van der Waals surface area contributed by atoms with Gasteiger partial charge in [0.1, 0.15) is 6.04 Å². The van der Waals surface area contributed by atoms with Gasteiger partial charge in [-0.15, -0.1) is 0 Å². The van der Waals surface area contributed by atoms with E-state index in [4.69, 9.17) is 5.73 Å². The maximum Gasteiger partial charge on any atom is 0.416 e. The Labute approximate surface area is 183 Å². The smallest absolute Gasteiger partial charge is 0.368 e. The van der Waals surface area contributed by atoms with Crippen LogP contribution in [0.15, 0.2) is 78.9 Å². The Morgan fingerprint density at radius 1 is 0.938 bits per heavy atom. The summed E-state index contributed by atoms with van der Waals surface area (Å²) in [6, 6.07) is 18.7. The number of halogens is 3. The average molecular weight is 438 g/mol. The van der Waals surface area contributed by atoms with Crippen molar-refractivity contribution in [2.75, 3.05) is 0 Å². The molecule has 4 nitrogen and oxygen atoms in total. The fraction of sp³-hybridized carbons (Fsp3) is 0.200. The van der Waals surface area contributed by atoms with Gasteiger partial charge < -0.3 is 10.6 Å². The number of benzene rings is 3. The van der Waals surface area contributed by atoms with E-state index in [2.05, 4.69) is 0 Å². The van der Waals surface area contributed by atoms with Crippen molar-refractivity contribution >= 4 is 11.8 Å². The van der Waals surface area contributed by atoms with E-state index >= 15 is 0 Å². The third-order valence-electron chi connectivity index (χ3n) is 5.77. The van der Waals surface area contributed by atoms with Crippen LogP contribution in [0.3, 0.4) is 0 Å². The molecule has 4 rings (SSSR count). The third kappa shape index (κ3) is 4.10. The van der Waals surface area contributed by atoms with E-state index in [9.17, 15) is 22.8 Å². The van der Waals surface area contributed by atoms with Gasteiger partial charge in [-0.2, -0.15) is 13.2 Å². The summed E-state index contributed by atoms with van der Waals surface area (Å²) in [5.74, 6) is -1.21. The number of nitrogens with two attached hydrogens (primary N) is 1. The molecular formula is C25H21F3N2O2. The molecule has 2 N–H and O–H groups in total. The van der Waals surface area contributed by atoms with Crippen LogP contribution in [-0.2, 0) is 17.4 Å². The highest BCUT2D eigenvalue weighted by Gasteiger charge is 2.41. The molecule has 1 aliphatic rings. The summed E-state index contributed by atoms with van der Waals surface area (Å²) >= 11 is 0. The lowest BCUT2D eigenvalue weighted by Gasteiger charge is -2.36. The van der Waals surface area contributed by atoms with Crippen molar-refractivity contribution in [2.24, 2.45) is 5.73 Å². The van der Waals surface area contributed by atoms with E-state index in [1.54, 1.807) is 60.7 Å². The summed E-state index contributed by atoms with van der Waals surface area (Å²) in [5, 5.41) is 0. The molecule has 3 aromatic carbocycles. The van der Waals surface area contributed by atoms with Gasteiger partial charge in [-0.25, -0.2) is 0 Å². The van der Waals surface area contributed by atoms with Crippen molar-refractivity contribution in [3.8, 4) is 0 Å². The van der Waals surface area contributed by atoms with Gasteiger partial charge in [0, 0.05) is 5.56 Å². The van der Waals surface area contributed by atoms with Crippen LogP contribution in [0.1, 0.15) is 51.1 Å². The van der Waals surface area contributed by atoms with Gasteiger partial charge in [-0.05, 0) is 53.8 Å². The van der Waals surface area contributed by atoms with Crippen LogP contribution >= 0.6 is 0 Å². The number of rotatable bonds is 5. The number of amides is 2. The first-order valence-corrected chi connectivity index (χ1v) is 10.2. The summed E-state index contributed by atoms with van der Waals surface area (Å²) in [5.41, 5.74) is 6.93. The zero-order valence-corrected chi connectivity index (χ0v) is 17.0. The molecule has 0 unspecified atom stereocenters.